The third-order valence-corrected chi connectivity index (χ3v) is 3.78. The summed E-state index contributed by atoms with van der Waals surface area (Å²) >= 11 is 1.83. The molecule has 0 saturated heterocycles. The quantitative estimate of drug-likeness (QED) is 0.819. The Bertz CT molecular complexity index is 434. The van der Waals surface area contributed by atoms with Crippen molar-refractivity contribution < 1.29 is 0 Å². The highest BCUT2D eigenvalue weighted by Crippen LogP contribution is 2.17. The Hall–Kier alpha value is -1.48. The van der Waals surface area contributed by atoms with Crippen molar-refractivity contribution in [2.45, 2.75) is 13.3 Å². The second kappa shape index (κ2) is 5.73. The van der Waals surface area contributed by atoms with E-state index in [9.17, 15) is 0 Å². The topological polar surface area (TPSA) is 29.3 Å². The molecule has 0 amide bonds. The van der Waals surface area contributed by atoms with Gasteiger partial charge in [0.1, 0.15) is 0 Å². The minimum Gasteiger partial charge on any atom is -0.399 e. The van der Waals surface area contributed by atoms with Gasteiger partial charge in [-0.1, -0.05) is 6.07 Å². The van der Waals surface area contributed by atoms with Gasteiger partial charge in [0.05, 0.1) is 0 Å². The number of nitrogens with zero attached hydrogens (tertiary/aromatic N) is 1. The Labute approximate surface area is 107 Å². The molecule has 1 aromatic heterocycles. The Morgan fingerprint density at radius 1 is 1.18 bits per heavy atom. The lowest BCUT2D eigenvalue weighted by molar-refractivity contribution is 0.815. The lowest BCUT2D eigenvalue weighted by Crippen LogP contribution is -2.25. The molecule has 0 aliphatic carbocycles. The number of hydrogen-bond acceptors (Lipinski definition) is 3. The number of nitrogens with two attached hydrogens (primary N) is 1. The van der Waals surface area contributed by atoms with Gasteiger partial charge < -0.3 is 10.6 Å². The average molecular weight is 246 g/mol. The van der Waals surface area contributed by atoms with Gasteiger partial charge in [-0.05, 0) is 49.1 Å². The number of likely N-dealkylation sites (N-methyl/N-ethyl adjacent to an activating group) is 1. The summed E-state index contributed by atoms with van der Waals surface area (Å²) < 4.78 is 0. The zero-order valence-electron chi connectivity index (χ0n) is 10.1. The predicted molar refractivity (Wildman–Crippen MR) is 76.8 cm³/mol. The zero-order valence-corrected chi connectivity index (χ0v) is 10.9. The summed E-state index contributed by atoms with van der Waals surface area (Å²) in [6.07, 6.45) is 1.11. The summed E-state index contributed by atoms with van der Waals surface area (Å²) in [5.41, 5.74) is 7.77. The zero-order chi connectivity index (χ0) is 12.1. The van der Waals surface area contributed by atoms with Gasteiger partial charge in [-0.3, -0.25) is 0 Å². The number of nitrogen functional groups attached to an aromatic ring is 1. The molecule has 2 N–H and O–H groups in total. The molecule has 90 valence electrons. The van der Waals surface area contributed by atoms with E-state index in [2.05, 4.69) is 41.5 Å². The fraction of sp³-hybridized carbons (Fsp3) is 0.286. The standard InChI is InChI=1S/C14H18N2S/c1-2-16(10-9-14-4-3-11-17-14)13-7-5-12(15)6-8-13/h3-8,11H,2,9-10,15H2,1H3. The van der Waals surface area contributed by atoms with E-state index in [-0.39, 0.29) is 0 Å². The van der Waals surface area contributed by atoms with E-state index in [1.165, 1.54) is 10.6 Å². The van der Waals surface area contributed by atoms with Crippen LogP contribution in [0.4, 0.5) is 11.4 Å². The van der Waals surface area contributed by atoms with Crippen molar-refractivity contribution in [3.63, 3.8) is 0 Å². The van der Waals surface area contributed by atoms with Crippen LogP contribution in [0.2, 0.25) is 0 Å². The molecule has 3 heteroatoms. The van der Waals surface area contributed by atoms with Crippen LogP contribution in [0.15, 0.2) is 41.8 Å². The van der Waals surface area contributed by atoms with Gasteiger partial charge in [-0.25, -0.2) is 0 Å². The smallest absolute Gasteiger partial charge is 0.0367 e. The minimum absolute atomic E-state index is 0.822. The molecule has 0 unspecified atom stereocenters. The van der Waals surface area contributed by atoms with Crippen LogP contribution < -0.4 is 10.6 Å². The van der Waals surface area contributed by atoms with E-state index < -0.39 is 0 Å². The van der Waals surface area contributed by atoms with Crippen LogP contribution in [-0.4, -0.2) is 13.1 Å². The molecular weight excluding hydrogens is 228 g/mol. The molecule has 17 heavy (non-hydrogen) atoms. The highest BCUT2D eigenvalue weighted by molar-refractivity contribution is 7.09. The molecule has 0 atom stereocenters. The van der Waals surface area contributed by atoms with Gasteiger partial charge in [0.2, 0.25) is 0 Å². The largest absolute Gasteiger partial charge is 0.399 e. The number of hydrogen-bond donors (Lipinski definition) is 1. The van der Waals surface area contributed by atoms with Crippen molar-refractivity contribution in [3.8, 4) is 0 Å². The van der Waals surface area contributed by atoms with E-state index in [0.29, 0.717) is 0 Å². The lowest BCUT2D eigenvalue weighted by Gasteiger charge is -2.22. The first-order valence-corrected chi connectivity index (χ1v) is 6.80. The van der Waals surface area contributed by atoms with E-state index in [4.69, 9.17) is 5.73 Å². The van der Waals surface area contributed by atoms with Gasteiger partial charge in [0, 0.05) is 29.3 Å². The van der Waals surface area contributed by atoms with Crippen LogP contribution in [0.5, 0.6) is 0 Å². The molecule has 0 spiro atoms. The average Bonchev–Trinajstić information content (AvgIpc) is 2.85. The third-order valence-electron chi connectivity index (χ3n) is 2.85. The number of rotatable bonds is 5. The molecule has 2 aromatic rings. The third kappa shape index (κ3) is 3.24. The van der Waals surface area contributed by atoms with Crippen LogP contribution in [-0.2, 0) is 6.42 Å². The summed E-state index contributed by atoms with van der Waals surface area (Å²) in [5.74, 6) is 0. The van der Waals surface area contributed by atoms with Crippen molar-refractivity contribution >= 4 is 22.7 Å². The molecule has 0 aliphatic rings. The summed E-state index contributed by atoms with van der Waals surface area (Å²) in [4.78, 5) is 3.82. The first-order valence-electron chi connectivity index (χ1n) is 5.92. The van der Waals surface area contributed by atoms with Crippen molar-refractivity contribution in [1.29, 1.82) is 0 Å². The van der Waals surface area contributed by atoms with Gasteiger partial charge >= 0.3 is 0 Å². The Morgan fingerprint density at radius 3 is 2.53 bits per heavy atom. The summed E-state index contributed by atoms with van der Waals surface area (Å²) in [7, 11) is 0. The summed E-state index contributed by atoms with van der Waals surface area (Å²) in [6.45, 7) is 4.26. The van der Waals surface area contributed by atoms with Crippen LogP contribution in [0.3, 0.4) is 0 Å². The Kier molecular flexibility index (Phi) is 4.04. The maximum atomic E-state index is 5.70. The van der Waals surface area contributed by atoms with E-state index in [1.54, 1.807) is 0 Å². The van der Waals surface area contributed by atoms with Crippen molar-refractivity contribution in [3.05, 3.63) is 46.7 Å². The highest BCUT2D eigenvalue weighted by atomic mass is 32.1. The number of benzene rings is 1. The second-order valence-electron chi connectivity index (χ2n) is 4.00. The fourth-order valence-corrected chi connectivity index (χ4v) is 2.55. The molecule has 2 rings (SSSR count). The molecular formula is C14H18N2S. The molecule has 0 saturated carbocycles. The number of anilines is 2. The Morgan fingerprint density at radius 2 is 1.94 bits per heavy atom. The van der Waals surface area contributed by atoms with Crippen molar-refractivity contribution in [1.82, 2.24) is 0 Å². The first kappa shape index (κ1) is 12.0. The summed E-state index contributed by atoms with van der Waals surface area (Å²) in [5, 5.41) is 2.13. The number of thiophene rings is 1. The van der Waals surface area contributed by atoms with Crippen LogP contribution in [0.25, 0.3) is 0 Å². The van der Waals surface area contributed by atoms with Crippen molar-refractivity contribution in [2.24, 2.45) is 0 Å². The van der Waals surface area contributed by atoms with Crippen molar-refractivity contribution in [2.75, 3.05) is 23.7 Å². The molecule has 0 bridgehead atoms. The fourth-order valence-electron chi connectivity index (χ4n) is 1.85. The predicted octanol–water partition coefficient (Wildman–Crippen LogP) is 3.40. The SMILES string of the molecule is CCN(CCc1cccs1)c1ccc(N)cc1. The first-order chi connectivity index (χ1) is 8.29. The molecule has 0 radical (unpaired) electrons. The molecule has 1 heterocycles. The van der Waals surface area contributed by atoms with Gasteiger partial charge in [0.25, 0.3) is 0 Å². The van der Waals surface area contributed by atoms with Gasteiger partial charge in [-0.2, -0.15) is 0 Å². The normalized spacial score (nSPS) is 10.4. The second-order valence-corrected chi connectivity index (χ2v) is 5.03. The van der Waals surface area contributed by atoms with Crippen LogP contribution in [0.1, 0.15) is 11.8 Å². The van der Waals surface area contributed by atoms with Gasteiger partial charge in [0.15, 0.2) is 0 Å². The van der Waals surface area contributed by atoms with Crippen LogP contribution >= 0.6 is 11.3 Å². The maximum absolute atomic E-state index is 5.70. The van der Waals surface area contributed by atoms with E-state index in [1.807, 2.05) is 23.5 Å². The monoisotopic (exact) mass is 246 g/mol. The maximum Gasteiger partial charge on any atom is 0.0367 e. The van der Waals surface area contributed by atoms with Crippen LogP contribution in [0, 0.1) is 0 Å². The van der Waals surface area contributed by atoms with E-state index in [0.717, 1.165) is 25.2 Å². The van der Waals surface area contributed by atoms with Gasteiger partial charge in [-0.15, -0.1) is 11.3 Å². The Balaban J connectivity index is 1.99. The molecule has 0 aliphatic heterocycles. The highest BCUT2D eigenvalue weighted by Gasteiger charge is 2.04. The lowest BCUT2D eigenvalue weighted by atomic mass is 10.2. The molecule has 2 nitrogen and oxygen atoms in total. The minimum atomic E-state index is 0.822. The molecule has 1 aromatic carbocycles. The van der Waals surface area contributed by atoms with E-state index >= 15 is 0 Å². The summed E-state index contributed by atoms with van der Waals surface area (Å²) in [6, 6.07) is 12.4. The molecule has 0 fully saturated rings.